The van der Waals surface area contributed by atoms with Crippen LogP contribution in [0.25, 0.3) is 11.3 Å². The molecule has 2 aromatic carbocycles. The summed E-state index contributed by atoms with van der Waals surface area (Å²) in [5, 5.41) is 0.631. The number of furan rings is 1. The Kier molecular flexibility index (Phi) is 7.31. The maximum Gasteiger partial charge on any atom is 0.338 e. The van der Waals surface area contributed by atoms with E-state index in [1.54, 1.807) is 37.4 Å². The van der Waals surface area contributed by atoms with Crippen LogP contribution in [0.4, 0.5) is 0 Å². The number of benzene rings is 2. The van der Waals surface area contributed by atoms with Gasteiger partial charge >= 0.3 is 5.97 Å². The molecule has 1 aliphatic rings. The van der Waals surface area contributed by atoms with E-state index in [1.165, 1.54) is 21.9 Å². The number of nitrogens with zero attached hydrogens (tertiary/aromatic N) is 2. The minimum atomic E-state index is -0.644. The summed E-state index contributed by atoms with van der Waals surface area (Å²) in [6.07, 6.45) is 0.463. The first-order chi connectivity index (χ1) is 16.8. The van der Waals surface area contributed by atoms with Gasteiger partial charge in [0.05, 0.1) is 18.7 Å². The van der Waals surface area contributed by atoms with Crippen LogP contribution in [0, 0.1) is 0 Å². The lowest BCUT2D eigenvalue weighted by atomic mass is 10.1. The zero-order chi connectivity index (χ0) is 24.9. The van der Waals surface area contributed by atoms with Gasteiger partial charge in [-0.25, -0.2) is 4.79 Å². The Labute approximate surface area is 207 Å². The van der Waals surface area contributed by atoms with Gasteiger partial charge in [-0.1, -0.05) is 23.7 Å². The van der Waals surface area contributed by atoms with Crippen molar-refractivity contribution in [3.8, 4) is 11.3 Å². The molecule has 0 saturated carbocycles. The Bertz CT molecular complexity index is 1230. The van der Waals surface area contributed by atoms with Gasteiger partial charge in [0.2, 0.25) is 11.8 Å². The van der Waals surface area contributed by atoms with Gasteiger partial charge < -0.3 is 14.1 Å². The first-order valence-corrected chi connectivity index (χ1v) is 11.4. The molecule has 3 amide bonds. The summed E-state index contributed by atoms with van der Waals surface area (Å²) in [6, 6.07) is 17.2. The number of carbonyl (C=O) groups excluding carboxylic acids is 4. The summed E-state index contributed by atoms with van der Waals surface area (Å²) >= 11 is 5.91. The number of esters is 1. The van der Waals surface area contributed by atoms with Crippen molar-refractivity contribution in [1.82, 2.24) is 9.80 Å². The summed E-state index contributed by atoms with van der Waals surface area (Å²) in [5.41, 5.74) is 1.85. The zero-order valence-electron chi connectivity index (χ0n) is 19.0. The molecule has 0 radical (unpaired) electrons. The fourth-order valence-corrected chi connectivity index (χ4v) is 3.73. The second-order valence-corrected chi connectivity index (χ2v) is 8.61. The second kappa shape index (κ2) is 10.6. The molecule has 0 bridgehead atoms. The molecule has 0 atom stereocenters. The summed E-state index contributed by atoms with van der Waals surface area (Å²) in [5.74, 6) is -0.178. The van der Waals surface area contributed by atoms with Gasteiger partial charge in [-0.2, -0.15) is 0 Å². The molecule has 0 spiro atoms. The van der Waals surface area contributed by atoms with Crippen molar-refractivity contribution in [2.75, 3.05) is 13.7 Å². The predicted octanol–water partition coefficient (Wildman–Crippen LogP) is 4.06. The molecule has 35 heavy (non-hydrogen) atoms. The highest BCUT2D eigenvalue weighted by Gasteiger charge is 2.28. The van der Waals surface area contributed by atoms with E-state index in [-0.39, 0.29) is 49.2 Å². The molecule has 0 unspecified atom stereocenters. The summed E-state index contributed by atoms with van der Waals surface area (Å²) < 4.78 is 11.0. The molecule has 0 aliphatic carbocycles. The Balaban J connectivity index is 1.26. The van der Waals surface area contributed by atoms with Crippen molar-refractivity contribution < 1.29 is 28.3 Å². The van der Waals surface area contributed by atoms with Crippen LogP contribution in [0.15, 0.2) is 65.1 Å². The Morgan fingerprint density at radius 3 is 2.29 bits per heavy atom. The minimum absolute atomic E-state index is 0.169. The molecular weight excluding hydrogens is 472 g/mol. The molecule has 8 nitrogen and oxygen atoms in total. The quantitative estimate of drug-likeness (QED) is 0.346. The van der Waals surface area contributed by atoms with Gasteiger partial charge in [-0.3, -0.25) is 19.3 Å². The number of hydrogen-bond acceptors (Lipinski definition) is 6. The Morgan fingerprint density at radius 1 is 0.971 bits per heavy atom. The van der Waals surface area contributed by atoms with Crippen LogP contribution >= 0.6 is 11.6 Å². The fraction of sp³-hybridized carbons (Fsp3) is 0.231. The van der Waals surface area contributed by atoms with E-state index in [2.05, 4.69) is 0 Å². The van der Waals surface area contributed by atoms with E-state index in [0.717, 1.165) is 11.1 Å². The number of rotatable bonds is 8. The first-order valence-electron chi connectivity index (χ1n) is 11.0. The molecule has 1 fully saturated rings. The first kappa shape index (κ1) is 24.2. The number of likely N-dealkylation sites (tertiary alicyclic amines) is 1. The molecule has 4 rings (SSSR count). The molecule has 0 N–H and O–H groups in total. The van der Waals surface area contributed by atoms with Crippen LogP contribution in [0.2, 0.25) is 5.02 Å². The van der Waals surface area contributed by atoms with E-state index in [1.807, 2.05) is 18.2 Å². The summed E-state index contributed by atoms with van der Waals surface area (Å²) in [7, 11) is 1.59. The Morgan fingerprint density at radius 2 is 1.63 bits per heavy atom. The lowest BCUT2D eigenvalue weighted by molar-refractivity contribution is -0.139. The summed E-state index contributed by atoms with van der Waals surface area (Å²) in [4.78, 5) is 50.9. The number of amides is 3. The molecular formula is C26H23ClN2O6. The molecule has 3 aromatic rings. The maximum absolute atomic E-state index is 12.4. The third kappa shape index (κ3) is 5.96. The topological polar surface area (TPSA) is 97.1 Å². The van der Waals surface area contributed by atoms with E-state index >= 15 is 0 Å². The highest BCUT2D eigenvalue weighted by atomic mass is 35.5. The molecule has 1 aromatic heterocycles. The van der Waals surface area contributed by atoms with Crippen LogP contribution in [0.3, 0.4) is 0 Å². The van der Waals surface area contributed by atoms with Crippen LogP contribution in [0.1, 0.15) is 34.5 Å². The van der Waals surface area contributed by atoms with Crippen LogP contribution < -0.4 is 0 Å². The molecule has 1 aliphatic heterocycles. The Hall–Kier alpha value is -3.91. The molecule has 1 saturated heterocycles. The lowest BCUT2D eigenvalue weighted by Gasteiger charge is -2.16. The minimum Gasteiger partial charge on any atom is -0.459 e. The average Bonchev–Trinajstić information content (AvgIpc) is 3.45. The lowest BCUT2D eigenvalue weighted by Crippen LogP contribution is -2.30. The van der Waals surface area contributed by atoms with Crippen LogP contribution in [-0.4, -0.2) is 47.1 Å². The second-order valence-electron chi connectivity index (χ2n) is 8.17. The van der Waals surface area contributed by atoms with E-state index in [0.29, 0.717) is 16.5 Å². The summed E-state index contributed by atoms with van der Waals surface area (Å²) in [6.45, 7) is -0.0337. The van der Waals surface area contributed by atoms with Crippen molar-refractivity contribution in [1.29, 1.82) is 0 Å². The van der Waals surface area contributed by atoms with Crippen molar-refractivity contribution in [3.05, 3.63) is 82.6 Å². The third-order valence-corrected chi connectivity index (χ3v) is 5.87. The van der Waals surface area contributed by atoms with Gasteiger partial charge in [0, 0.05) is 30.5 Å². The number of ether oxygens (including phenoxy) is 1. The molecule has 9 heteroatoms. The van der Waals surface area contributed by atoms with Gasteiger partial charge in [-0.15, -0.1) is 0 Å². The number of hydrogen-bond donors (Lipinski definition) is 0. The maximum atomic E-state index is 12.4. The van der Waals surface area contributed by atoms with E-state index in [4.69, 9.17) is 20.8 Å². The highest BCUT2D eigenvalue weighted by Crippen LogP contribution is 2.24. The zero-order valence-corrected chi connectivity index (χ0v) is 19.8. The smallest absolute Gasteiger partial charge is 0.338 e. The van der Waals surface area contributed by atoms with Gasteiger partial charge in [0.15, 0.2) is 6.61 Å². The van der Waals surface area contributed by atoms with Crippen LogP contribution in [-0.2, 0) is 32.2 Å². The van der Waals surface area contributed by atoms with Gasteiger partial charge in [0.1, 0.15) is 11.5 Å². The standard InChI is InChI=1S/C26H23ClN2O6/c1-28(15-21-10-11-22(35-21)18-6-8-20(27)9-7-18)25(32)16-34-26(33)19-4-2-17(3-5-19)14-29-23(30)12-13-24(29)31/h2-11H,12-16H2,1H3. The largest absolute Gasteiger partial charge is 0.459 e. The molecule has 180 valence electrons. The van der Waals surface area contributed by atoms with Gasteiger partial charge in [-0.05, 0) is 54.1 Å². The van der Waals surface area contributed by atoms with Crippen molar-refractivity contribution in [3.63, 3.8) is 0 Å². The number of imide groups is 1. The number of likely N-dealkylation sites (N-methyl/N-ethyl adjacent to an activating group) is 1. The molecule has 2 heterocycles. The van der Waals surface area contributed by atoms with E-state index < -0.39 is 12.6 Å². The monoisotopic (exact) mass is 494 g/mol. The third-order valence-electron chi connectivity index (χ3n) is 5.62. The fourth-order valence-electron chi connectivity index (χ4n) is 3.60. The number of carbonyl (C=O) groups is 4. The van der Waals surface area contributed by atoms with Crippen molar-refractivity contribution in [2.24, 2.45) is 0 Å². The normalized spacial score (nSPS) is 13.3. The van der Waals surface area contributed by atoms with Crippen LogP contribution in [0.5, 0.6) is 0 Å². The van der Waals surface area contributed by atoms with Gasteiger partial charge in [0.25, 0.3) is 5.91 Å². The number of halogens is 1. The predicted molar refractivity (Wildman–Crippen MR) is 127 cm³/mol. The SMILES string of the molecule is CN(Cc1ccc(-c2ccc(Cl)cc2)o1)C(=O)COC(=O)c1ccc(CN2C(=O)CCC2=O)cc1. The van der Waals surface area contributed by atoms with Crippen molar-refractivity contribution >= 4 is 35.3 Å². The average molecular weight is 495 g/mol. The van der Waals surface area contributed by atoms with Crippen molar-refractivity contribution in [2.45, 2.75) is 25.9 Å². The van der Waals surface area contributed by atoms with E-state index in [9.17, 15) is 19.2 Å². The highest BCUT2D eigenvalue weighted by molar-refractivity contribution is 6.30.